The number of hydrogen-bond donors (Lipinski definition) is 0. The first-order valence-electron chi connectivity index (χ1n) is 18.7. The van der Waals surface area contributed by atoms with Crippen LogP contribution in [0.3, 0.4) is 0 Å². The lowest BCUT2D eigenvalue weighted by Crippen LogP contribution is -2.13. The van der Waals surface area contributed by atoms with E-state index in [1.165, 1.54) is 58.8 Å². The predicted molar refractivity (Wildman–Crippen MR) is 235 cm³/mol. The molecule has 3 heteroatoms. The zero-order chi connectivity index (χ0) is 36.3. The predicted octanol–water partition coefficient (Wildman–Crippen LogP) is 15.6. The van der Waals surface area contributed by atoms with Gasteiger partial charge in [0, 0.05) is 36.7 Å². The summed E-state index contributed by atoms with van der Waals surface area (Å²) >= 11 is 1.86. The van der Waals surface area contributed by atoms with Gasteiger partial charge in [-0.1, -0.05) is 158 Å². The number of furan rings is 1. The van der Waals surface area contributed by atoms with E-state index < -0.39 is 0 Å². The van der Waals surface area contributed by atoms with Gasteiger partial charge in [0.25, 0.3) is 0 Å². The number of benzene rings is 9. The highest BCUT2D eigenvalue weighted by molar-refractivity contribution is 7.25. The molecular formula is C52H33NOS. The Morgan fingerprint density at radius 1 is 0.327 bits per heavy atom. The minimum atomic E-state index is 0.862. The van der Waals surface area contributed by atoms with Crippen LogP contribution < -0.4 is 4.90 Å². The molecule has 0 unspecified atom stereocenters. The summed E-state index contributed by atoms with van der Waals surface area (Å²) in [5.41, 5.74) is 12.1. The minimum absolute atomic E-state index is 0.862. The molecule has 0 aliphatic carbocycles. The fourth-order valence-corrected chi connectivity index (χ4v) is 9.68. The Morgan fingerprint density at radius 2 is 0.855 bits per heavy atom. The van der Waals surface area contributed by atoms with Crippen molar-refractivity contribution in [2.45, 2.75) is 0 Å². The van der Waals surface area contributed by atoms with Crippen LogP contribution in [0.1, 0.15) is 0 Å². The number of rotatable bonds is 6. The molecule has 2 aromatic heterocycles. The highest BCUT2D eigenvalue weighted by Crippen LogP contribution is 2.51. The van der Waals surface area contributed by atoms with Crippen LogP contribution in [-0.4, -0.2) is 0 Å². The van der Waals surface area contributed by atoms with E-state index in [0.717, 1.165) is 44.6 Å². The number of anilines is 3. The van der Waals surface area contributed by atoms with Crippen molar-refractivity contribution in [3.05, 3.63) is 200 Å². The average Bonchev–Trinajstić information content (AvgIpc) is 3.83. The van der Waals surface area contributed by atoms with Gasteiger partial charge in [-0.15, -0.1) is 11.3 Å². The zero-order valence-electron chi connectivity index (χ0n) is 29.8. The number of thiophene rings is 1. The summed E-state index contributed by atoms with van der Waals surface area (Å²) in [6.45, 7) is 0. The van der Waals surface area contributed by atoms with Crippen molar-refractivity contribution in [1.29, 1.82) is 0 Å². The van der Waals surface area contributed by atoms with Gasteiger partial charge in [0.05, 0.1) is 22.4 Å². The largest absolute Gasteiger partial charge is 0.456 e. The minimum Gasteiger partial charge on any atom is -0.456 e. The van der Waals surface area contributed by atoms with E-state index in [0.29, 0.717) is 0 Å². The first-order valence-corrected chi connectivity index (χ1v) is 19.5. The highest BCUT2D eigenvalue weighted by Gasteiger charge is 2.25. The van der Waals surface area contributed by atoms with E-state index in [-0.39, 0.29) is 0 Å². The average molecular weight is 720 g/mol. The lowest BCUT2D eigenvalue weighted by Gasteiger charge is -2.31. The summed E-state index contributed by atoms with van der Waals surface area (Å²) in [7, 11) is 0. The lowest BCUT2D eigenvalue weighted by molar-refractivity contribution is 0.669. The molecule has 0 amide bonds. The third-order valence-corrected chi connectivity index (χ3v) is 12.0. The van der Waals surface area contributed by atoms with Gasteiger partial charge >= 0.3 is 0 Å². The molecule has 55 heavy (non-hydrogen) atoms. The normalized spacial score (nSPS) is 11.6. The molecule has 9 aromatic carbocycles. The molecule has 2 nitrogen and oxygen atoms in total. The van der Waals surface area contributed by atoms with E-state index in [2.05, 4.69) is 199 Å². The van der Waals surface area contributed by atoms with Crippen molar-refractivity contribution >= 4 is 81.3 Å². The summed E-state index contributed by atoms with van der Waals surface area (Å²) in [5.74, 6) is 0. The van der Waals surface area contributed by atoms with Gasteiger partial charge in [-0.3, -0.25) is 0 Å². The smallest absolute Gasteiger partial charge is 0.137 e. The van der Waals surface area contributed by atoms with Crippen LogP contribution in [0, 0.1) is 0 Å². The molecular weight excluding hydrogens is 687 g/mol. The van der Waals surface area contributed by atoms with Crippen LogP contribution in [-0.2, 0) is 0 Å². The second kappa shape index (κ2) is 12.9. The van der Waals surface area contributed by atoms with E-state index >= 15 is 0 Å². The summed E-state index contributed by atoms with van der Waals surface area (Å²) in [5, 5.41) is 7.20. The molecule has 0 spiro atoms. The maximum Gasteiger partial charge on any atom is 0.137 e. The van der Waals surface area contributed by atoms with Crippen molar-refractivity contribution in [2.75, 3.05) is 4.90 Å². The molecule has 0 radical (unpaired) electrons. The Labute approximate surface area is 322 Å². The SMILES string of the molecule is c1ccc(-c2cccc3cccc(-c4ccccc4N(c4ccccc4-c4cccc5sc6ccccc6c45)c4cccc5oc6ccccc6c45)c23)cc1. The Hall–Kier alpha value is -6.94. The Morgan fingerprint density at radius 3 is 1.64 bits per heavy atom. The van der Waals surface area contributed by atoms with Crippen LogP contribution >= 0.6 is 11.3 Å². The molecule has 0 fully saturated rings. The van der Waals surface area contributed by atoms with Gasteiger partial charge in [0.1, 0.15) is 11.2 Å². The molecule has 258 valence electrons. The monoisotopic (exact) mass is 719 g/mol. The summed E-state index contributed by atoms with van der Waals surface area (Å²) in [4.78, 5) is 2.48. The van der Waals surface area contributed by atoms with Gasteiger partial charge < -0.3 is 9.32 Å². The second-order valence-corrected chi connectivity index (χ2v) is 15.1. The Balaban J connectivity index is 1.25. The number of hydrogen-bond acceptors (Lipinski definition) is 3. The van der Waals surface area contributed by atoms with Gasteiger partial charge in [0.2, 0.25) is 0 Å². The number of fused-ring (bicyclic) bond motifs is 7. The van der Waals surface area contributed by atoms with Crippen molar-refractivity contribution in [3.63, 3.8) is 0 Å². The molecule has 11 rings (SSSR count). The quantitative estimate of drug-likeness (QED) is 0.170. The van der Waals surface area contributed by atoms with Crippen LogP contribution in [0.5, 0.6) is 0 Å². The summed E-state index contributed by atoms with van der Waals surface area (Å²) in [6, 6.07) is 72.2. The molecule has 0 atom stereocenters. The van der Waals surface area contributed by atoms with Crippen LogP contribution in [0.25, 0.3) is 86.3 Å². The van der Waals surface area contributed by atoms with Crippen LogP contribution in [0.2, 0.25) is 0 Å². The van der Waals surface area contributed by atoms with Crippen molar-refractivity contribution < 1.29 is 4.42 Å². The summed E-state index contributed by atoms with van der Waals surface area (Å²) in [6.07, 6.45) is 0. The topological polar surface area (TPSA) is 16.4 Å². The third-order valence-electron chi connectivity index (χ3n) is 10.9. The molecule has 11 aromatic rings. The van der Waals surface area contributed by atoms with Crippen LogP contribution in [0.4, 0.5) is 17.1 Å². The lowest BCUT2D eigenvalue weighted by atomic mass is 9.90. The third kappa shape index (κ3) is 5.09. The molecule has 0 saturated heterocycles. The molecule has 0 saturated carbocycles. The maximum atomic E-state index is 6.54. The summed E-state index contributed by atoms with van der Waals surface area (Å²) < 4.78 is 9.12. The maximum absolute atomic E-state index is 6.54. The van der Waals surface area contributed by atoms with Crippen molar-refractivity contribution in [1.82, 2.24) is 0 Å². The standard InChI is InChI=1S/C52H33NOS/c1-2-16-34(17-3-1)36-24-12-18-35-19-13-25-39(50(35)36)37-20-4-8-27-43(37)53(45-29-15-31-47-52(45)41-22-6-10-30-46(41)54-47)44-28-9-5-21-38(44)40-26-14-33-49-51(40)42-23-7-11-32-48(42)55-49/h1-33H. The van der Waals surface area contributed by atoms with Crippen LogP contribution in [0.15, 0.2) is 205 Å². The van der Waals surface area contributed by atoms with Gasteiger partial charge in [-0.2, -0.15) is 0 Å². The van der Waals surface area contributed by atoms with E-state index in [1.807, 2.05) is 17.4 Å². The van der Waals surface area contributed by atoms with Crippen molar-refractivity contribution in [3.8, 4) is 33.4 Å². The van der Waals surface area contributed by atoms with E-state index in [9.17, 15) is 0 Å². The fraction of sp³-hybridized carbons (Fsp3) is 0. The number of nitrogens with zero attached hydrogens (tertiary/aromatic N) is 1. The Bertz CT molecular complexity index is 3220. The first-order chi connectivity index (χ1) is 27.3. The van der Waals surface area contributed by atoms with Gasteiger partial charge in [-0.05, 0) is 75.5 Å². The second-order valence-electron chi connectivity index (χ2n) is 14.0. The Kier molecular flexibility index (Phi) is 7.39. The van der Waals surface area contributed by atoms with E-state index in [1.54, 1.807) is 0 Å². The first kappa shape index (κ1) is 31.6. The molecule has 0 aliphatic rings. The number of para-hydroxylation sites is 3. The zero-order valence-corrected chi connectivity index (χ0v) is 30.6. The molecule has 0 bridgehead atoms. The van der Waals surface area contributed by atoms with Crippen molar-refractivity contribution in [2.24, 2.45) is 0 Å². The fourth-order valence-electron chi connectivity index (χ4n) is 8.55. The highest BCUT2D eigenvalue weighted by atomic mass is 32.1. The molecule has 2 heterocycles. The molecule has 0 aliphatic heterocycles. The van der Waals surface area contributed by atoms with E-state index in [4.69, 9.17) is 4.42 Å². The van der Waals surface area contributed by atoms with Gasteiger partial charge in [0.15, 0.2) is 0 Å². The molecule has 0 N–H and O–H groups in total. The van der Waals surface area contributed by atoms with Gasteiger partial charge in [-0.25, -0.2) is 0 Å².